The largest absolute Gasteiger partial charge is 0.373 e. The highest BCUT2D eigenvalue weighted by molar-refractivity contribution is 6.21. The lowest BCUT2D eigenvalue weighted by Crippen LogP contribution is -2.39. The molecule has 0 fully saturated rings. The zero-order chi connectivity index (χ0) is 24.2. The molecule has 0 spiro atoms. The summed E-state index contributed by atoms with van der Waals surface area (Å²) in [5.74, 6) is -0.879. The minimum atomic E-state index is -0.567. The molecule has 4 aromatic rings. The van der Waals surface area contributed by atoms with Crippen molar-refractivity contribution in [2.24, 2.45) is 0 Å². The van der Waals surface area contributed by atoms with Gasteiger partial charge >= 0.3 is 0 Å². The van der Waals surface area contributed by atoms with Crippen molar-refractivity contribution < 1.29 is 14.3 Å². The third-order valence-corrected chi connectivity index (χ3v) is 6.57. The molecule has 0 saturated heterocycles. The average molecular weight is 462 g/mol. The molecule has 1 heterocycles. The number of hydrogen-bond acceptors (Lipinski definition) is 3. The molecule has 0 aliphatic carbocycles. The highest BCUT2D eigenvalue weighted by Crippen LogP contribution is 2.48. The maximum atomic E-state index is 13.7. The van der Waals surface area contributed by atoms with E-state index in [0.29, 0.717) is 17.7 Å². The van der Waals surface area contributed by atoms with Gasteiger partial charge in [0.25, 0.3) is 11.8 Å². The molecule has 4 heteroatoms. The van der Waals surface area contributed by atoms with E-state index in [1.807, 2.05) is 97.9 Å². The van der Waals surface area contributed by atoms with Gasteiger partial charge in [0.2, 0.25) is 0 Å². The summed E-state index contributed by atoms with van der Waals surface area (Å²) in [6, 6.07) is 36.4. The van der Waals surface area contributed by atoms with Gasteiger partial charge in [0.15, 0.2) is 0 Å². The molecule has 0 aromatic heterocycles. The highest BCUT2D eigenvalue weighted by Gasteiger charge is 2.46. The summed E-state index contributed by atoms with van der Waals surface area (Å²) in [6.07, 6.45) is -0.377. The van der Waals surface area contributed by atoms with Crippen LogP contribution in [0, 0.1) is 0 Å². The third kappa shape index (κ3) is 4.29. The monoisotopic (exact) mass is 461 g/mol. The number of benzene rings is 4. The van der Waals surface area contributed by atoms with Crippen LogP contribution in [0.2, 0.25) is 0 Å². The van der Waals surface area contributed by atoms with Gasteiger partial charge in [-0.15, -0.1) is 0 Å². The molecule has 0 N–H and O–H groups in total. The predicted molar refractivity (Wildman–Crippen MR) is 136 cm³/mol. The van der Waals surface area contributed by atoms with E-state index in [-0.39, 0.29) is 23.8 Å². The van der Waals surface area contributed by atoms with Crippen LogP contribution in [-0.2, 0) is 4.74 Å². The number of carbonyl (C=O) groups excluding carboxylic acids is 2. The van der Waals surface area contributed by atoms with Gasteiger partial charge in [-0.05, 0) is 35.7 Å². The van der Waals surface area contributed by atoms with Crippen molar-refractivity contribution in [1.82, 2.24) is 4.90 Å². The first kappa shape index (κ1) is 22.8. The van der Waals surface area contributed by atoms with Crippen LogP contribution in [0.1, 0.15) is 62.4 Å². The fourth-order valence-corrected chi connectivity index (χ4v) is 5.06. The molecule has 174 valence electrons. The van der Waals surface area contributed by atoms with Crippen molar-refractivity contribution in [1.29, 1.82) is 0 Å². The first-order valence-corrected chi connectivity index (χ1v) is 11.9. The van der Waals surface area contributed by atoms with Gasteiger partial charge in [-0.25, -0.2) is 0 Å². The number of rotatable bonds is 8. The van der Waals surface area contributed by atoms with Crippen molar-refractivity contribution in [2.75, 3.05) is 6.61 Å². The lowest BCUT2D eigenvalue weighted by atomic mass is 9.79. The number of amides is 2. The maximum Gasteiger partial charge on any atom is 0.262 e. The fourth-order valence-electron chi connectivity index (χ4n) is 5.06. The smallest absolute Gasteiger partial charge is 0.262 e. The van der Waals surface area contributed by atoms with Crippen molar-refractivity contribution in [3.05, 3.63) is 143 Å². The lowest BCUT2D eigenvalue weighted by molar-refractivity contribution is 0.0126. The summed E-state index contributed by atoms with van der Waals surface area (Å²) in [7, 11) is 0. The fraction of sp³-hybridized carbons (Fsp3) is 0.161. The molecule has 0 saturated carbocycles. The standard InChI is InChI=1S/C31H27NO3/c1-2-35-29(24-18-10-5-11-19-24)27(22-14-6-3-7-15-22)28(23-16-8-4-9-17-23)32-30(33)25-20-12-13-21-26(25)31(32)34/h3-21,27-29H,2H2,1H3/t27-,28+,29-/m0/s1. The summed E-state index contributed by atoms with van der Waals surface area (Å²) in [5.41, 5.74) is 3.77. The SMILES string of the molecule is CCO[C@@H](c1ccccc1)[C@@H](c1ccccc1)[C@@H](c1ccccc1)N1C(=O)c2ccccc2C1=O. The first-order valence-electron chi connectivity index (χ1n) is 11.9. The molecule has 1 aliphatic heterocycles. The quantitative estimate of drug-likeness (QED) is 0.278. The van der Waals surface area contributed by atoms with Crippen LogP contribution in [0.5, 0.6) is 0 Å². The van der Waals surface area contributed by atoms with Crippen LogP contribution >= 0.6 is 0 Å². The van der Waals surface area contributed by atoms with Gasteiger partial charge in [0, 0.05) is 12.5 Å². The Morgan fingerprint density at radius 2 is 1.03 bits per heavy atom. The molecule has 4 nitrogen and oxygen atoms in total. The number of imide groups is 1. The third-order valence-electron chi connectivity index (χ3n) is 6.57. The van der Waals surface area contributed by atoms with Crippen molar-refractivity contribution in [2.45, 2.75) is 25.0 Å². The Labute approximate surface area is 205 Å². The Bertz CT molecular complexity index is 1270. The summed E-state index contributed by atoms with van der Waals surface area (Å²) < 4.78 is 6.40. The molecule has 4 aromatic carbocycles. The number of fused-ring (bicyclic) bond motifs is 1. The Balaban J connectivity index is 1.73. The predicted octanol–water partition coefficient (Wildman–Crippen LogP) is 6.59. The second kappa shape index (κ2) is 10.1. The lowest BCUT2D eigenvalue weighted by Gasteiger charge is -2.38. The van der Waals surface area contributed by atoms with Crippen molar-refractivity contribution in [3.63, 3.8) is 0 Å². The van der Waals surface area contributed by atoms with E-state index < -0.39 is 6.04 Å². The van der Waals surface area contributed by atoms with Gasteiger partial charge in [-0.1, -0.05) is 103 Å². The molecule has 0 unspecified atom stereocenters. The Hall–Kier alpha value is -4.02. The van der Waals surface area contributed by atoms with Crippen LogP contribution in [0.4, 0.5) is 0 Å². The van der Waals surface area contributed by atoms with E-state index in [2.05, 4.69) is 0 Å². The van der Waals surface area contributed by atoms with E-state index in [4.69, 9.17) is 4.74 Å². The van der Waals surface area contributed by atoms with Crippen LogP contribution < -0.4 is 0 Å². The van der Waals surface area contributed by atoms with E-state index >= 15 is 0 Å². The summed E-state index contributed by atoms with van der Waals surface area (Å²) in [5, 5.41) is 0. The van der Waals surface area contributed by atoms with E-state index in [1.54, 1.807) is 24.3 Å². The molecule has 0 bridgehead atoms. The minimum Gasteiger partial charge on any atom is -0.373 e. The molecule has 5 rings (SSSR count). The van der Waals surface area contributed by atoms with Gasteiger partial charge in [-0.2, -0.15) is 0 Å². The number of hydrogen-bond donors (Lipinski definition) is 0. The van der Waals surface area contributed by atoms with Gasteiger partial charge in [-0.3, -0.25) is 14.5 Å². The van der Waals surface area contributed by atoms with E-state index in [1.165, 1.54) is 4.90 Å². The second-order valence-electron chi connectivity index (χ2n) is 8.60. The second-order valence-corrected chi connectivity index (χ2v) is 8.60. The summed E-state index contributed by atoms with van der Waals surface area (Å²) in [4.78, 5) is 28.9. The van der Waals surface area contributed by atoms with Crippen molar-refractivity contribution >= 4 is 11.8 Å². The highest BCUT2D eigenvalue weighted by atomic mass is 16.5. The number of nitrogens with zero attached hydrogens (tertiary/aromatic N) is 1. The molecule has 1 aliphatic rings. The molecule has 2 amide bonds. The molecular formula is C31H27NO3. The number of carbonyl (C=O) groups is 2. The summed E-state index contributed by atoms with van der Waals surface area (Å²) in [6.45, 7) is 2.46. The van der Waals surface area contributed by atoms with Crippen LogP contribution in [-0.4, -0.2) is 23.3 Å². The van der Waals surface area contributed by atoms with Crippen molar-refractivity contribution in [3.8, 4) is 0 Å². The van der Waals surface area contributed by atoms with Crippen LogP contribution in [0.25, 0.3) is 0 Å². The van der Waals surface area contributed by atoms with Crippen LogP contribution in [0.3, 0.4) is 0 Å². The molecule has 0 radical (unpaired) electrons. The first-order chi connectivity index (χ1) is 17.2. The van der Waals surface area contributed by atoms with Gasteiger partial charge in [0.05, 0.1) is 23.3 Å². The number of ether oxygens (including phenoxy) is 1. The normalized spacial score (nSPS) is 15.5. The van der Waals surface area contributed by atoms with Crippen LogP contribution in [0.15, 0.2) is 115 Å². The maximum absolute atomic E-state index is 13.7. The minimum absolute atomic E-state index is 0.274. The summed E-state index contributed by atoms with van der Waals surface area (Å²) >= 11 is 0. The Morgan fingerprint density at radius 1 is 0.600 bits per heavy atom. The van der Waals surface area contributed by atoms with Gasteiger partial charge in [0.1, 0.15) is 0 Å². The zero-order valence-electron chi connectivity index (χ0n) is 19.6. The van der Waals surface area contributed by atoms with E-state index in [0.717, 1.165) is 16.7 Å². The molecule has 3 atom stereocenters. The molecule has 35 heavy (non-hydrogen) atoms. The Kier molecular flexibility index (Phi) is 6.55. The zero-order valence-corrected chi connectivity index (χ0v) is 19.6. The molecular weight excluding hydrogens is 434 g/mol. The van der Waals surface area contributed by atoms with E-state index in [9.17, 15) is 9.59 Å². The Morgan fingerprint density at radius 3 is 1.51 bits per heavy atom. The van der Waals surface area contributed by atoms with Gasteiger partial charge < -0.3 is 4.74 Å². The topological polar surface area (TPSA) is 46.6 Å². The average Bonchev–Trinajstić information content (AvgIpc) is 3.17.